The van der Waals surface area contributed by atoms with Crippen molar-refractivity contribution in [2.24, 2.45) is 0 Å². The number of hydrogen-bond acceptors (Lipinski definition) is 4. The van der Waals surface area contributed by atoms with Crippen LogP contribution in [0.3, 0.4) is 0 Å². The third kappa shape index (κ3) is 3.65. The number of aryl methyl sites for hydroxylation is 1. The number of H-pyrrole nitrogens is 2. The summed E-state index contributed by atoms with van der Waals surface area (Å²) in [5.74, 6) is 1.01. The van der Waals surface area contributed by atoms with Crippen LogP contribution < -0.4 is 5.32 Å². The molecular weight excluding hydrogens is 360 g/mol. The van der Waals surface area contributed by atoms with Gasteiger partial charge in [-0.25, -0.2) is 4.98 Å². The molecule has 0 atom stereocenters. The maximum atomic E-state index is 12.3. The van der Waals surface area contributed by atoms with E-state index in [1.165, 1.54) is 5.56 Å². The summed E-state index contributed by atoms with van der Waals surface area (Å²) in [6, 6.07) is 15.6. The maximum Gasteiger partial charge on any atom is 0.228 e. The number of imidazole rings is 1. The van der Waals surface area contributed by atoms with Gasteiger partial charge in [-0.2, -0.15) is 5.10 Å². The predicted molar refractivity (Wildman–Crippen MR) is 107 cm³/mol. The Hall–Kier alpha value is -3.26. The molecule has 0 saturated heterocycles. The van der Waals surface area contributed by atoms with Gasteiger partial charge in [0.1, 0.15) is 0 Å². The molecule has 1 amide bonds. The minimum Gasteiger partial charge on any atom is -0.324 e. The highest BCUT2D eigenvalue weighted by molar-refractivity contribution is 7.71. The van der Waals surface area contributed by atoms with Crippen LogP contribution >= 0.6 is 12.2 Å². The van der Waals surface area contributed by atoms with Crippen LogP contribution in [0.2, 0.25) is 0 Å². The summed E-state index contributed by atoms with van der Waals surface area (Å²) in [5.41, 5.74) is 3.81. The highest BCUT2D eigenvalue weighted by Gasteiger charge is 2.12. The molecule has 0 unspecified atom stereocenters. The molecule has 0 saturated carbocycles. The molecule has 4 rings (SSSR count). The normalized spacial score (nSPS) is 11.0. The Labute approximate surface area is 160 Å². The zero-order valence-electron chi connectivity index (χ0n) is 14.7. The number of nitrogens with zero attached hydrogens (tertiary/aromatic N) is 3. The second kappa shape index (κ2) is 7.16. The Balaban J connectivity index is 1.47. The van der Waals surface area contributed by atoms with Crippen molar-refractivity contribution in [3.05, 3.63) is 58.9 Å². The molecule has 4 aromatic rings. The van der Waals surface area contributed by atoms with Crippen molar-refractivity contribution in [1.82, 2.24) is 24.7 Å². The van der Waals surface area contributed by atoms with Crippen molar-refractivity contribution in [3.63, 3.8) is 0 Å². The monoisotopic (exact) mass is 378 g/mol. The van der Waals surface area contributed by atoms with E-state index >= 15 is 0 Å². The fourth-order valence-electron chi connectivity index (χ4n) is 2.87. The Kier molecular flexibility index (Phi) is 4.55. The van der Waals surface area contributed by atoms with E-state index in [0.717, 1.165) is 22.4 Å². The average molecular weight is 378 g/mol. The fourth-order valence-corrected chi connectivity index (χ4v) is 3.09. The number of fused-ring (bicyclic) bond motifs is 1. The molecule has 0 spiro atoms. The molecule has 0 aliphatic rings. The number of benzene rings is 2. The Morgan fingerprint density at radius 1 is 1.19 bits per heavy atom. The number of carbonyl (C=O) groups is 1. The van der Waals surface area contributed by atoms with Gasteiger partial charge in [0.25, 0.3) is 0 Å². The third-order valence-electron chi connectivity index (χ3n) is 4.28. The van der Waals surface area contributed by atoms with Crippen LogP contribution in [-0.4, -0.2) is 30.6 Å². The summed E-state index contributed by atoms with van der Waals surface area (Å²) in [4.78, 5) is 19.8. The number of nitrogens with one attached hydrogen (secondary N) is 3. The molecule has 0 aliphatic heterocycles. The summed E-state index contributed by atoms with van der Waals surface area (Å²) >= 11 is 5.32. The van der Waals surface area contributed by atoms with Gasteiger partial charge in [0.15, 0.2) is 10.6 Å². The molecule has 2 aromatic heterocycles. The number of rotatable bonds is 5. The molecule has 0 fully saturated rings. The van der Waals surface area contributed by atoms with E-state index in [1.807, 2.05) is 60.0 Å². The quantitative estimate of drug-likeness (QED) is 0.460. The first-order valence-electron chi connectivity index (χ1n) is 8.57. The van der Waals surface area contributed by atoms with Crippen molar-refractivity contribution in [2.45, 2.75) is 19.9 Å². The lowest BCUT2D eigenvalue weighted by Crippen LogP contribution is -2.15. The first kappa shape index (κ1) is 17.2. The molecule has 136 valence electrons. The lowest BCUT2D eigenvalue weighted by atomic mass is 10.1. The smallest absolute Gasteiger partial charge is 0.228 e. The molecule has 8 heteroatoms. The van der Waals surface area contributed by atoms with Crippen LogP contribution in [0.5, 0.6) is 0 Å². The SMILES string of the molecule is Cc1ccc(-c2n[nH]c(=S)n2CCC(=O)Nc2nc3ccccc3[nH]2)cc1. The first-order valence-corrected chi connectivity index (χ1v) is 8.98. The standard InChI is InChI=1S/C19H18N6OS/c1-12-6-8-13(9-7-12)17-23-24-19(27)25(17)11-10-16(26)22-18-20-14-4-2-3-5-15(14)21-18/h2-9H,10-11H2,1H3,(H,24,27)(H2,20,21,22,26). The molecule has 7 nitrogen and oxygen atoms in total. The molecular formula is C19H18N6OS. The van der Waals surface area contributed by atoms with E-state index in [0.29, 0.717) is 17.3 Å². The van der Waals surface area contributed by atoms with Crippen LogP contribution in [-0.2, 0) is 11.3 Å². The van der Waals surface area contributed by atoms with Crippen LogP contribution in [0, 0.1) is 11.7 Å². The number of para-hydroxylation sites is 2. The van der Waals surface area contributed by atoms with Crippen molar-refractivity contribution in [3.8, 4) is 11.4 Å². The van der Waals surface area contributed by atoms with Crippen LogP contribution in [0.1, 0.15) is 12.0 Å². The van der Waals surface area contributed by atoms with E-state index < -0.39 is 0 Å². The molecule has 2 heterocycles. The number of amides is 1. The summed E-state index contributed by atoms with van der Waals surface area (Å²) in [7, 11) is 0. The number of anilines is 1. The van der Waals surface area contributed by atoms with Crippen molar-refractivity contribution < 1.29 is 4.79 Å². The summed E-state index contributed by atoms with van der Waals surface area (Å²) in [6.45, 7) is 2.45. The van der Waals surface area contributed by atoms with Crippen molar-refractivity contribution >= 4 is 35.1 Å². The molecule has 2 aromatic carbocycles. The topological polar surface area (TPSA) is 91.4 Å². The average Bonchev–Trinajstić information content (AvgIpc) is 3.23. The minimum atomic E-state index is -0.146. The van der Waals surface area contributed by atoms with Gasteiger partial charge in [0, 0.05) is 18.5 Å². The highest BCUT2D eigenvalue weighted by atomic mass is 32.1. The maximum absolute atomic E-state index is 12.3. The summed E-state index contributed by atoms with van der Waals surface area (Å²) in [6.07, 6.45) is 0.254. The molecule has 0 bridgehead atoms. The van der Waals surface area contributed by atoms with Gasteiger partial charge >= 0.3 is 0 Å². The van der Waals surface area contributed by atoms with Crippen LogP contribution in [0.25, 0.3) is 22.4 Å². The van der Waals surface area contributed by atoms with Gasteiger partial charge in [-0.3, -0.25) is 19.8 Å². The zero-order valence-corrected chi connectivity index (χ0v) is 15.5. The van der Waals surface area contributed by atoms with Gasteiger partial charge in [-0.05, 0) is 31.3 Å². The fraction of sp³-hybridized carbons (Fsp3) is 0.158. The van der Waals surface area contributed by atoms with E-state index in [4.69, 9.17) is 12.2 Å². The van der Waals surface area contributed by atoms with Crippen molar-refractivity contribution in [1.29, 1.82) is 0 Å². The summed E-state index contributed by atoms with van der Waals surface area (Å²) < 4.78 is 2.32. The number of aromatic nitrogens is 5. The predicted octanol–water partition coefficient (Wildman–Crippen LogP) is 3.82. The zero-order chi connectivity index (χ0) is 18.8. The first-order chi connectivity index (χ1) is 13.1. The van der Waals surface area contributed by atoms with Gasteiger partial charge in [-0.15, -0.1) is 0 Å². The Bertz CT molecular complexity index is 1120. The number of carbonyl (C=O) groups excluding carboxylic acids is 1. The molecule has 0 aliphatic carbocycles. The number of aromatic amines is 2. The Morgan fingerprint density at radius 2 is 1.96 bits per heavy atom. The van der Waals surface area contributed by atoms with E-state index in [1.54, 1.807) is 0 Å². The summed E-state index contributed by atoms with van der Waals surface area (Å²) in [5, 5.41) is 9.91. The molecule has 3 N–H and O–H groups in total. The molecule has 27 heavy (non-hydrogen) atoms. The number of hydrogen-bond donors (Lipinski definition) is 3. The van der Waals surface area contributed by atoms with E-state index in [-0.39, 0.29) is 12.3 Å². The van der Waals surface area contributed by atoms with E-state index in [2.05, 4.69) is 25.5 Å². The second-order valence-corrected chi connectivity index (χ2v) is 6.66. The lowest BCUT2D eigenvalue weighted by molar-refractivity contribution is -0.116. The molecule has 0 radical (unpaired) electrons. The lowest BCUT2D eigenvalue weighted by Gasteiger charge is -2.07. The highest BCUT2D eigenvalue weighted by Crippen LogP contribution is 2.18. The van der Waals surface area contributed by atoms with Gasteiger partial charge in [0.2, 0.25) is 11.9 Å². The van der Waals surface area contributed by atoms with Gasteiger partial charge in [0.05, 0.1) is 11.0 Å². The van der Waals surface area contributed by atoms with Crippen LogP contribution in [0.15, 0.2) is 48.5 Å². The second-order valence-electron chi connectivity index (χ2n) is 6.27. The van der Waals surface area contributed by atoms with Crippen molar-refractivity contribution in [2.75, 3.05) is 5.32 Å². The minimum absolute atomic E-state index is 0.146. The third-order valence-corrected chi connectivity index (χ3v) is 4.59. The van der Waals surface area contributed by atoms with Crippen LogP contribution in [0.4, 0.5) is 5.95 Å². The van der Waals surface area contributed by atoms with Gasteiger partial charge in [-0.1, -0.05) is 42.0 Å². The Morgan fingerprint density at radius 3 is 2.74 bits per heavy atom. The van der Waals surface area contributed by atoms with E-state index in [9.17, 15) is 4.79 Å². The van der Waals surface area contributed by atoms with Gasteiger partial charge < -0.3 is 4.98 Å². The largest absolute Gasteiger partial charge is 0.324 e.